The first-order chi connectivity index (χ1) is 11.4. The third kappa shape index (κ3) is 3.57. The maximum Gasteiger partial charge on any atom is 0.320 e. The number of aromatic nitrogens is 2. The van der Waals surface area contributed by atoms with Crippen LogP contribution in [0.3, 0.4) is 0 Å². The van der Waals surface area contributed by atoms with E-state index in [1.807, 2.05) is 19.1 Å². The highest BCUT2D eigenvalue weighted by Gasteiger charge is 2.32. The number of carbonyl (C=O) groups is 1. The van der Waals surface area contributed by atoms with Crippen molar-refractivity contribution in [1.29, 1.82) is 0 Å². The Bertz CT molecular complexity index is 737. The molecule has 1 aromatic heterocycles. The zero-order chi connectivity index (χ0) is 17.9. The van der Waals surface area contributed by atoms with Crippen LogP contribution in [0.4, 0.5) is 4.79 Å². The van der Waals surface area contributed by atoms with Crippen LogP contribution in [0.2, 0.25) is 5.15 Å². The topological polar surface area (TPSA) is 49.3 Å². The number of aryl methyl sites for hydroxylation is 1. The molecule has 0 saturated carbocycles. The summed E-state index contributed by atoms with van der Waals surface area (Å²) in [4.78, 5) is 24.5. The van der Waals surface area contributed by atoms with Gasteiger partial charge in [0.2, 0.25) is 0 Å². The second kappa shape index (κ2) is 7.45. The summed E-state index contributed by atoms with van der Waals surface area (Å²) in [6, 6.07) is -0.338. The molecule has 0 spiro atoms. The fraction of sp³-hybridized carbons (Fsp3) is 0.278. The van der Waals surface area contributed by atoms with E-state index >= 15 is 0 Å². The third-order valence-electron chi connectivity index (χ3n) is 3.75. The van der Waals surface area contributed by atoms with Gasteiger partial charge in [0, 0.05) is 31.4 Å². The maximum absolute atomic E-state index is 12.5. The Labute approximate surface area is 147 Å². The fourth-order valence-electron chi connectivity index (χ4n) is 2.48. The molecule has 126 valence electrons. The third-order valence-corrected chi connectivity index (χ3v) is 4.13. The molecule has 2 amide bonds. The normalized spacial score (nSPS) is 17.5. The van der Waals surface area contributed by atoms with Crippen molar-refractivity contribution in [3.8, 4) is 0 Å². The minimum Gasteiger partial charge on any atom is -0.331 e. The lowest BCUT2D eigenvalue weighted by atomic mass is 10.1. The largest absolute Gasteiger partial charge is 0.331 e. The summed E-state index contributed by atoms with van der Waals surface area (Å²) in [5.41, 5.74) is 2.55. The zero-order valence-corrected chi connectivity index (χ0v) is 14.9. The average Bonchev–Trinajstić information content (AvgIpc) is 2.99. The first-order valence-electron chi connectivity index (χ1n) is 7.52. The van der Waals surface area contributed by atoms with Gasteiger partial charge >= 0.3 is 6.03 Å². The molecule has 0 aliphatic carbocycles. The maximum atomic E-state index is 12.5. The number of hydrogen-bond donors (Lipinski definition) is 0. The fourth-order valence-corrected chi connectivity index (χ4v) is 2.61. The van der Waals surface area contributed by atoms with Crippen LogP contribution in [-0.4, -0.2) is 52.5 Å². The Morgan fingerprint density at radius 1 is 1.46 bits per heavy atom. The van der Waals surface area contributed by atoms with E-state index in [1.165, 1.54) is 0 Å². The lowest BCUT2D eigenvalue weighted by molar-refractivity contribution is 0.175. The molecule has 5 nitrogen and oxygen atoms in total. The molecule has 1 atom stereocenters. The van der Waals surface area contributed by atoms with E-state index in [2.05, 4.69) is 23.1 Å². The quantitative estimate of drug-likeness (QED) is 0.620. The first kappa shape index (κ1) is 17.9. The van der Waals surface area contributed by atoms with Crippen LogP contribution in [0.15, 0.2) is 49.2 Å². The van der Waals surface area contributed by atoms with Gasteiger partial charge in [-0.15, -0.1) is 0 Å². The molecule has 6 heteroatoms. The van der Waals surface area contributed by atoms with Gasteiger partial charge in [0.15, 0.2) is 5.82 Å². The highest BCUT2D eigenvalue weighted by molar-refractivity contribution is 6.30. The van der Waals surface area contributed by atoms with E-state index in [9.17, 15) is 4.79 Å². The Hall–Kier alpha value is -2.40. The number of halogens is 1. The van der Waals surface area contributed by atoms with Crippen LogP contribution in [0.1, 0.15) is 11.4 Å². The van der Waals surface area contributed by atoms with Crippen molar-refractivity contribution >= 4 is 23.2 Å². The molecular weight excluding hydrogens is 324 g/mol. The monoisotopic (exact) mass is 344 g/mol. The van der Waals surface area contributed by atoms with Crippen LogP contribution >= 0.6 is 11.6 Å². The van der Waals surface area contributed by atoms with Gasteiger partial charge in [0.05, 0.1) is 12.6 Å². The molecule has 0 radical (unpaired) electrons. The molecule has 24 heavy (non-hydrogen) atoms. The zero-order valence-electron chi connectivity index (χ0n) is 14.2. The molecule has 2 rings (SSSR count). The van der Waals surface area contributed by atoms with Crippen LogP contribution in [0, 0.1) is 6.92 Å². The van der Waals surface area contributed by atoms with Gasteiger partial charge in [-0.25, -0.2) is 14.8 Å². The van der Waals surface area contributed by atoms with Gasteiger partial charge in [0.1, 0.15) is 5.15 Å². The minimum atomic E-state index is -0.242. The number of allylic oxidation sites excluding steroid dienone is 2. The van der Waals surface area contributed by atoms with Crippen LogP contribution in [0.25, 0.3) is 5.57 Å². The van der Waals surface area contributed by atoms with Crippen molar-refractivity contribution in [2.75, 3.05) is 20.6 Å². The molecule has 0 unspecified atom stereocenters. The molecule has 0 aromatic carbocycles. The van der Waals surface area contributed by atoms with E-state index in [0.29, 0.717) is 17.5 Å². The summed E-state index contributed by atoms with van der Waals surface area (Å²) >= 11 is 6.11. The predicted molar refractivity (Wildman–Crippen MR) is 97.8 cm³/mol. The molecule has 1 aliphatic rings. The van der Waals surface area contributed by atoms with E-state index in [0.717, 1.165) is 16.7 Å². The van der Waals surface area contributed by atoms with Crippen molar-refractivity contribution in [3.05, 3.63) is 65.8 Å². The standard InChI is InChI=1S/C18H21ClN4O/c1-6-8-13(7-2)15-9-14(11-23(15)18(24)22(4)5)17-20-10-12(3)16(19)21-17/h6-10,15H,1-2,11H2,3-5H3/b13-8+/t15-/m0/s1. The van der Waals surface area contributed by atoms with Gasteiger partial charge in [-0.05, 0) is 18.6 Å². The Balaban J connectivity index is 2.45. The number of urea groups is 1. The summed E-state index contributed by atoms with van der Waals surface area (Å²) in [6.45, 7) is 9.82. The van der Waals surface area contributed by atoms with E-state index < -0.39 is 0 Å². The smallest absolute Gasteiger partial charge is 0.320 e. The summed E-state index contributed by atoms with van der Waals surface area (Å²) in [7, 11) is 3.45. The summed E-state index contributed by atoms with van der Waals surface area (Å²) < 4.78 is 0. The minimum absolute atomic E-state index is 0.0960. The van der Waals surface area contributed by atoms with Crippen LogP contribution in [0.5, 0.6) is 0 Å². The number of hydrogen-bond acceptors (Lipinski definition) is 3. The predicted octanol–water partition coefficient (Wildman–Crippen LogP) is 3.49. The molecule has 2 heterocycles. The SMILES string of the molecule is C=C/C=C(\C=C)[C@@H]1C=C(c2ncc(C)c(Cl)n2)CN1C(=O)N(C)C. The van der Waals surface area contributed by atoms with Gasteiger partial charge in [-0.3, -0.25) is 0 Å². The Kier molecular flexibility index (Phi) is 5.57. The van der Waals surface area contributed by atoms with Gasteiger partial charge in [-0.1, -0.05) is 43.0 Å². The molecule has 0 bridgehead atoms. The molecule has 0 fully saturated rings. The number of amides is 2. The number of nitrogens with zero attached hydrogens (tertiary/aromatic N) is 4. The van der Waals surface area contributed by atoms with Crippen molar-refractivity contribution in [2.45, 2.75) is 13.0 Å². The number of rotatable bonds is 4. The van der Waals surface area contributed by atoms with Crippen molar-refractivity contribution < 1.29 is 4.79 Å². The lowest BCUT2D eigenvalue weighted by Gasteiger charge is -2.28. The average molecular weight is 345 g/mol. The van der Waals surface area contributed by atoms with Crippen molar-refractivity contribution in [2.24, 2.45) is 0 Å². The van der Waals surface area contributed by atoms with Gasteiger partial charge in [0.25, 0.3) is 0 Å². The van der Waals surface area contributed by atoms with Crippen LogP contribution < -0.4 is 0 Å². The summed E-state index contributed by atoms with van der Waals surface area (Å²) in [5, 5.41) is 0.417. The van der Waals surface area contributed by atoms with Crippen LogP contribution in [-0.2, 0) is 0 Å². The second-order valence-corrected chi connectivity index (χ2v) is 6.07. The highest BCUT2D eigenvalue weighted by atomic mass is 35.5. The van der Waals surface area contributed by atoms with E-state index in [4.69, 9.17) is 11.6 Å². The highest BCUT2D eigenvalue weighted by Crippen LogP contribution is 2.29. The Morgan fingerprint density at radius 3 is 2.71 bits per heavy atom. The van der Waals surface area contributed by atoms with Crippen molar-refractivity contribution in [3.63, 3.8) is 0 Å². The molecule has 1 aromatic rings. The molecular formula is C18H21ClN4O. The molecule has 1 aliphatic heterocycles. The molecule has 0 N–H and O–H groups in total. The van der Waals surface area contributed by atoms with Crippen molar-refractivity contribution in [1.82, 2.24) is 19.8 Å². The van der Waals surface area contributed by atoms with E-state index in [-0.39, 0.29) is 12.1 Å². The molecule has 0 saturated heterocycles. The first-order valence-corrected chi connectivity index (χ1v) is 7.90. The van der Waals surface area contributed by atoms with Gasteiger partial charge < -0.3 is 9.80 Å². The summed E-state index contributed by atoms with van der Waals surface area (Å²) in [5.74, 6) is 0.534. The second-order valence-electron chi connectivity index (χ2n) is 5.72. The summed E-state index contributed by atoms with van der Waals surface area (Å²) in [6.07, 6.45) is 8.91. The Morgan fingerprint density at radius 2 is 2.17 bits per heavy atom. The number of carbonyl (C=O) groups excluding carboxylic acids is 1. The lowest BCUT2D eigenvalue weighted by Crippen LogP contribution is -2.43. The van der Waals surface area contributed by atoms with Gasteiger partial charge in [-0.2, -0.15) is 0 Å². The van der Waals surface area contributed by atoms with E-state index in [1.54, 1.807) is 42.2 Å².